The number of rotatable bonds is 0. The fraction of sp³-hybridized carbons (Fsp3) is 0.875. The second kappa shape index (κ2) is 8.53. The molecule has 2 atom stereocenters. The summed E-state index contributed by atoms with van der Waals surface area (Å²) in [6.45, 7) is 1.34. The van der Waals surface area contributed by atoms with Crippen molar-refractivity contribution in [1.82, 2.24) is 0 Å². The first-order valence-corrected chi connectivity index (χ1v) is 7.91. The molecule has 4 heteroatoms. The molecule has 0 radical (unpaired) electrons. The van der Waals surface area contributed by atoms with Crippen molar-refractivity contribution in [3.63, 3.8) is 0 Å². The van der Waals surface area contributed by atoms with E-state index in [1.807, 2.05) is 0 Å². The van der Waals surface area contributed by atoms with Gasteiger partial charge in [0.2, 0.25) is 11.6 Å². The van der Waals surface area contributed by atoms with Gasteiger partial charge in [-0.1, -0.05) is 44.9 Å². The summed E-state index contributed by atoms with van der Waals surface area (Å²) in [5, 5.41) is 20.0. The normalized spacial score (nSPS) is 32.5. The van der Waals surface area contributed by atoms with E-state index in [0.717, 1.165) is 25.7 Å². The number of carbonyl (C=O) groups is 2. The summed E-state index contributed by atoms with van der Waals surface area (Å²) in [7, 11) is 0. The Balaban J connectivity index is 2.61. The third-order valence-corrected chi connectivity index (χ3v) is 4.07. The Morgan fingerprint density at radius 2 is 1.45 bits per heavy atom. The topological polar surface area (TPSA) is 74.6 Å². The summed E-state index contributed by atoms with van der Waals surface area (Å²) in [5.74, 6) is -1.25. The lowest BCUT2D eigenvalue weighted by Crippen LogP contribution is -2.43. The van der Waals surface area contributed by atoms with Gasteiger partial charge in [-0.05, 0) is 19.8 Å². The van der Waals surface area contributed by atoms with E-state index in [2.05, 4.69) is 0 Å². The number of carbonyl (C=O) groups excluding carboxylic acids is 2. The standard InChI is InChI=1S/C16H28O4/c1-16(20)12-13(17)10-8-6-4-2-3-5-7-9-11-14(18)15(16)19/h13,17,20H,2-12H2,1H3/t13?,16-/m1/s1. The second-order valence-corrected chi connectivity index (χ2v) is 6.25. The van der Waals surface area contributed by atoms with Gasteiger partial charge in [0, 0.05) is 12.8 Å². The highest BCUT2D eigenvalue weighted by atomic mass is 16.3. The number of hydrogen-bond donors (Lipinski definition) is 2. The first-order valence-electron chi connectivity index (χ1n) is 7.91. The Morgan fingerprint density at radius 3 is 2.05 bits per heavy atom. The Hall–Kier alpha value is -0.740. The van der Waals surface area contributed by atoms with Crippen molar-refractivity contribution in [2.24, 2.45) is 0 Å². The minimum absolute atomic E-state index is 0.0441. The van der Waals surface area contributed by atoms with Crippen LogP contribution in [-0.2, 0) is 9.59 Å². The average molecular weight is 284 g/mol. The van der Waals surface area contributed by atoms with Gasteiger partial charge in [0.05, 0.1) is 6.10 Å². The fourth-order valence-electron chi connectivity index (χ4n) is 2.79. The van der Waals surface area contributed by atoms with Crippen LogP contribution in [0.2, 0.25) is 0 Å². The Bertz CT molecular complexity index is 322. The van der Waals surface area contributed by atoms with Gasteiger partial charge in [-0.2, -0.15) is 0 Å². The zero-order valence-electron chi connectivity index (χ0n) is 12.6. The van der Waals surface area contributed by atoms with Crippen molar-refractivity contribution in [3.8, 4) is 0 Å². The first-order chi connectivity index (χ1) is 9.43. The van der Waals surface area contributed by atoms with Gasteiger partial charge in [-0.15, -0.1) is 0 Å². The molecule has 1 rings (SSSR count). The molecular formula is C16H28O4. The Kier molecular flexibility index (Phi) is 7.38. The number of aliphatic hydroxyl groups excluding tert-OH is 1. The molecule has 1 fully saturated rings. The number of ketones is 2. The van der Waals surface area contributed by atoms with E-state index in [9.17, 15) is 19.8 Å². The van der Waals surface area contributed by atoms with E-state index in [1.165, 1.54) is 26.2 Å². The van der Waals surface area contributed by atoms with Crippen LogP contribution in [0.25, 0.3) is 0 Å². The molecule has 0 bridgehead atoms. The minimum Gasteiger partial charge on any atom is -0.393 e. The smallest absolute Gasteiger partial charge is 0.229 e. The molecule has 0 heterocycles. The van der Waals surface area contributed by atoms with E-state index in [1.54, 1.807) is 0 Å². The maximum atomic E-state index is 11.9. The first kappa shape index (κ1) is 17.3. The monoisotopic (exact) mass is 284 g/mol. The van der Waals surface area contributed by atoms with Crippen molar-refractivity contribution in [3.05, 3.63) is 0 Å². The van der Waals surface area contributed by atoms with Gasteiger partial charge in [0.1, 0.15) is 5.60 Å². The lowest BCUT2D eigenvalue weighted by molar-refractivity contribution is -0.149. The molecule has 0 aromatic heterocycles. The molecule has 20 heavy (non-hydrogen) atoms. The second-order valence-electron chi connectivity index (χ2n) is 6.25. The van der Waals surface area contributed by atoms with Crippen LogP contribution in [-0.4, -0.2) is 33.5 Å². The number of hydrogen-bond acceptors (Lipinski definition) is 4. The van der Waals surface area contributed by atoms with Crippen molar-refractivity contribution in [2.45, 2.75) is 89.3 Å². The van der Waals surface area contributed by atoms with E-state index >= 15 is 0 Å². The van der Waals surface area contributed by atoms with Crippen LogP contribution in [0.15, 0.2) is 0 Å². The third kappa shape index (κ3) is 6.14. The molecule has 0 spiro atoms. The molecule has 1 unspecified atom stereocenters. The van der Waals surface area contributed by atoms with E-state index < -0.39 is 23.3 Å². The highest BCUT2D eigenvalue weighted by Crippen LogP contribution is 2.20. The summed E-state index contributed by atoms with van der Waals surface area (Å²) in [5.41, 5.74) is -1.73. The van der Waals surface area contributed by atoms with Crippen LogP contribution in [0.3, 0.4) is 0 Å². The maximum Gasteiger partial charge on any atom is 0.229 e. The van der Waals surface area contributed by atoms with Crippen LogP contribution in [0, 0.1) is 0 Å². The lowest BCUT2D eigenvalue weighted by atomic mass is 9.88. The number of aliphatic hydroxyl groups is 2. The van der Waals surface area contributed by atoms with Crippen molar-refractivity contribution in [1.29, 1.82) is 0 Å². The molecule has 0 aromatic rings. The van der Waals surface area contributed by atoms with Gasteiger partial charge in [0.15, 0.2) is 0 Å². The Labute approximate surface area is 121 Å². The van der Waals surface area contributed by atoms with E-state index in [4.69, 9.17) is 0 Å². The van der Waals surface area contributed by atoms with Gasteiger partial charge < -0.3 is 10.2 Å². The summed E-state index contributed by atoms with van der Waals surface area (Å²) < 4.78 is 0. The summed E-state index contributed by atoms with van der Waals surface area (Å²) in [6.07, 6.45) is 8.32. The van der Waals surface area contributed by atoms with E-state index in [0.29, 0.717) is 12.8 Å². The van der Waals surface area contributed by atoms with Gasteiger partial charge in [-0.3, -0.25) is 9.59 Å². The predicted octanol–water partition coefficient (Wildman–Crippen LogP) is 2.54. The van der Waals surface area contributed by atoms with Crippen molar-refractivity contribution < 1.29 is 19.8 Å². The van der Waals surface area contributed by atoms with Gasteiger partial charge >= 0.3 is 0 Å². The summed E-state index contributed by atoms with van der Waals surface area (Å²) in [6, 6.07) is 0. The van der Waals surface area contributed by atoms with Crippen LogP contribution >= 0.6 is 0 Å². The van der Waals surface area contributed by atoms with Crippen LogP contribution in [0.5, 0.6) is 0 Å². The van der Waals surface area contributed by atoms with E-state index in [-0.39, 0.29) is 12.8 Å². The average Bonchev–Trinajstić information content (AvgIpc) is 2.38. The molecule has 4 nitrogen and oxygen atoms in total. The highest BCUT2D eigenvalue weighted by molar-refractivity contribution is 6.40. The molecule has 1 aliphatic rings. The van der Waals surface area contributed by atoms with Crippen molar-refractivity contribution in [2.75, 3.05) is 0 Å². The highest BCUT2D eigenvalue weighted by Gasteiger charge is 2.36. The van der Waals surface area contributed by atoms with Gasteiger partial charge in [0.25, 0.3) is 0 Å². The number of Topliss-reactive ketones (excluding diaryl/α,β-unsaturated/α-hetero) is 2. The SMILES string of the molecule is C[C@@]1(O)CC(O)CCCCCCCCCCC(=O)C1=O. The fourth-order valence-corrected chi connectivity index (χ4v) is 2.79. The van der Waals surface area contributed by atoms with Crippen molar-refractivity contribution >= 4 is 11.6 Å². The molecular weight excluding hydrogens is 256 g/mol. The quantitative estimate of drug-likeness (QED) is 0.670. The zero-order valence-corrected chi connectivity index (χ0v) is 12.6. The molecule has 2 N–H and O–H groups in total. The largest absolute Gasteiger partial charge is 0.393 e. The molecule has 0 saturated heterocycles. The zero-order chi connectivity index (χ0) is 15.0. The molecule has 0 amide bonds. The van der Waals surface area contributed by atoms with Crippen LogP contribution < -0.4 is 0 Å². The summed E-state index contributed by atoms with van der Waals surface area (Å²) >= 11 is 0. The van der Waals surface area contributed by atoms with Crippen LogP contribution in [0.1, 0.15) is 77.6 Å². The minimum atomic E-state index is -1.73. The Morgan fingerprint density at radius 1 is 0.950 bits per heavy atom. The lowest BCUT2D eigenvalue weighted by Gasteiger charge is -2.24. The molecule has 0 aromatic carbocycles. The molecule has 116 valence electrons. The summed E-state index contributed by atoms with van der Waals surface area (Å²) in [4.78, 5) is 23.7. The van der Waals surface area contributed by atoms with Crippen LogP contribution in [0.4, 0.5) is 0 Å². The third-order valence-electron chi connectivity index (χ3n) is 4.07. The predicted molar refractivity (Wildman–Crippen MR) is 77.4 cm³/mol. The molecule has 1 aliphatic carbocycles. The van der Waals surface area contributed by atoms with Gasteiger partial charge in [-0.25, -0.2) is 0 Å². The maximum absolute atomic E-state index is 11.9. The molecule has 1 saturated carbocycles. The molecule has 0 aliphatic heterocycles.